The van der Waals surface area contributed by atoms with Crippen LogP contribution >= 0.6 is 0 Å². The van der Waals surface area contributed by atoms with Crippen molar-refractivity contribution in [2.45, 2.75) is 26.3 Å². The fourth-order valence-corrected chi connectivity index (χ4v) is 1.52. The molecule has 0 aromatic rings. The molecule has 1 heterocycles. The van der Waals surface area contributed by atoms with E-state index in [2.05, 4.69) is 5.32 Å². The molecule has 17 heavy (non-hydrogen) atoms. The van der Waals surface area contributed by atoms with Gasteiger partial charge in [-0.3, -0.25) is 9.59 Å². The van der Waals surface area contributed by atoms with Crippen LogP contribution < -0.4 is 5.32 Å². The lowest BCUT2D eigenvalue weighted by Crippen LogP contribution is -2.54. The highest BCUT2D eigenvalue weighted by Gasteiger charge is 2.53. The number of imide groups is 1. The molecule has 1 saturated heterocycles. The van der Waals surface area contributed by atoms with Crippen LogP contribution in [0, 0.1) is 0 Å². The van der Waals surface area contributed by atoms with E-state index in [1.807, 2.05) is 0 Å². The first-order valence-electron chi connectivity index (χ1n) is 4.83. The lowest BCUT2D eigenvalue weighted by atomic mass is 10.4. The Morgan fingerprint density at radius 3 is 2.12 bits per heavy atom. The predicted octanol–water partition coefficient (Wildman–Crippen LogP) is -1.54. The van der Waals surface area contributed by atoms with Crippen LogP contribution in [0.25, 0.3) is 0 Å². The van der Waals surface area contributed by atoms with Gasteiger partial charge in [-0.05, 0) is 0 Å². The number of carbonyl (C=O) groups is 4. The van der Waals surface area contributed by atoms with Crippen LogP contribution in [-0.4, -0.2) is 48.4 Å². The van der Waals surface area contributed by atoms with Gasteiger partial charge in [0, 0.05) is 13.8 Å². The summed E-state index contributed by atoms with van der Waals surface area (Å²) in [7, 11) is 0. The number of nitrogens with one attached hydrogen (secondary N) is 1. The Labute approximate surface area is 97.0 Å². The monoisotopic (exact) mass is 245 g/mol. The summed E-state index contributed by atoms with van der Waals surface area (Å²) < 4.78 is 8.88. The quantitative estimate of drug-likeness (QED) is 0.364. The van der Waals surface area contributed by atoms with Gasteiger partial charge in [-0.15, -0.1) is 0 Å². The van der Waals surface area contributed by atoms with E-state index in [-0.39, 0.29) is 6.67 Å². The maximum Gasteiger partial charge on any atom is 0.313 e. The Balaban J connectivity index is 2.95. The Hall–Kier alpha value is -1.80. The zero-order chi connectivity index (χ0) is 13.1. The standard InChI is InChI=1S/C9H13N2O6/c1-6(14)16-8-9(17-7(2)15)11(4-12,5-13)3-10-8/h4-5,8-10H,3H2,1-2H3/q+1. The van der Waals surface area contributed by atoms with E-state index in [1.165, 1.54) is 6.92 Å². The van der Waals surface area contributed by atoms with Crippen molar-refractivity contribution in [3.05, 3.63) is 0 Å². The van der Waals surface area contributed by atoms with Crippen molar-refractivity contribution in [2.24, 2.45) is 0 Å². The van der Waals surface area contributed by atoms with Gasteiger partial charge in [0.15, 0.2) is 6.67 Å². The van der Waals surface area contributed by atoms with E-state index in [0.717, 1.165) is 6.92 Å². The maximum atomic E-state index is 11.0. The van der Waals surface area contributed by atoms with Crippen LogP contribution in [0.15, 0.2) is 0 Å². The molecule has 1 rings (SSSR count). The summed E-state index contributed by atoms with van der Waals surface area (Å²) in [5.41, 5.74) is 0. The summed E-state index contributed by atoms with van der Waals surface area (Å²) in [5, 5.41) is 2.63. The lowest BCUT2D eigenvalue weighted by molar-refractivity contribution is -0.800. The van der Waals surface area contributed by atoms with Crippen LogP contribution in [0.3, 0.4) is 0 Å². The largest absolute Gasteiger partial charge is 0.436 e. The molecule has 0 aromatic heterocycles. The van der Waals surface area contributed by atoms with E-state index in [4.69, 9.17) is 9.47 Å². The summed E-state index contributed by atoms with van der Waals surface area (Å²) in [6, 6.07) is 0. The minimum absolute atomic E-state index is 0.108. The van der Waals surface area contributed by atoms with Gasteiger partial charge < -0.3 is 9.47 Å². The van der Waals surface area contributed by atoms with Crippen molar-refractivity contribution in [3.63, 3.8) is 0 Å². The molecule has 2 amide bonds. The third kappa shape index (κ3) is 2.66. The molecule has 8 nitrogen and oxygen atoms in total. The Morgan fingerprint density at radius 2 is 1.71 bits per heavy atom. The number of amides is 2. The van der Waals surface area contributed by atoms with Crippen molar-refractivity contribution in [1.29, 1.82) is 0 Å². The summed E-state index contributed by atoms with van der Waals surface area (Å²) in [5.74, 6) is -1.29. The molecule has 0 saturated carbocycles. The molecule has 2 atom stereocenters. The van der Waals surface area contributed by atoms with Gasteiger partial charge in [-0.2, -0.15) is 4.48 Å². The zero-order valence-corrected chi connectivity index (χ0v) is 9.41. The number of carbonyl (C=O) groups excluding carboxylic acids is 4. The first kappa shape index (κ1) is 13.3. The number of ether oxygens (including phenoxy) is 2. The van der Waals surface area contributed by atoms with Gasteiger partial charge >= 0.3 is 31.0 Å². The molecule has 0 spiro atoms. The average molecular weight is 245 g/mol. The highest BCUT2D eigenvalue weighted by atomic mass is 16.6. The second kappa shape index (κ2) is 5.02. The number of nitrogens with zero attached hydrogens (tertiary/aromatic N) is 1. The molecule has 0 bridgehead atoms. The third-order valence-electron chi connectivity index (χ3n) is 2.27. The lowest BCUT2D eigenvalue weighted by Gasteiger charge is -2.25. The third-order valence-corrected chi connectivity index (χ3v) is 2.27. The van der Waals surface area contributed by atoms with Crippen molar-refractivity contribution in [2.75, 3.05) is 6.67 Å². The molecule has 94 valence electrons. The molecule has 1 aliphatic rings. The number of hydrogen-bond donors (Lipinski definition) is 1. The van der Waals surface area contributed by atoms with E-state index < -0.39 is 28.9 Å². The fraction of sp³-hybridized carbons (Fsp3) is 0.556. The first-order valence-corrected chi connectivity index (χ1v) is 4.83. The molecule has 1 N–H and O–H groups in total. The van der Waals surface area contributed by atoms with Crippen molar-refractivity contribution in [3.8, 4) is 0 Å². The first-order chi connectivity index (χ1) is 7.95. The second-order valence-electron chi connectivity index (χ2n) is 3.60. The second-order valence-corrected chi connectivity index (χ2v) is 3.60. The highest BCUT2D eigenvalue weighted by molar-refractivity contribution is 5.68. The molecule has 2 unspecified atom stereocenters. The summed E-state index contributed by atoms with van der Waals surface area (Å²) in [6.07, 6.45) is -1.56. The van der Waals surface area contributed by atoms with Crippen molar-refractivity contribution >= 4 is 24.8 Å². The smallest absolute Gasteiger partial charge is 0.313 e. The molecular formula is C9H13N2O6+. The summed E-state index contributed by atoms with van der Waals surface area (Å²) in [4.78, 5) is 43.7. The van der Waals surface area contributed by atoms with Gasteiger partial charge in [0.05, 0.1) is 0 Å². The predicted molar refractivity (Wildman–Crippen MR) is 51.5 cm³/mol. The Bertz CT molecular complexity index is 347. The van der Waals surface area contributed by atoms with Crippen LogP contribution in [0.2, 0.25) is 0 Å². The van der Waals surface area contributed by atoms with Gasteiger partial charge in [-0.25, -0.2) is 14.9 Å². The molecule has 1 aliphatic heterocycles. The zero-order valence-electron chi connectivity index (χ0n) is 9.41. The maximum absolute atomic E-state index is 11.0. The van der Waals surface area contributed by atoms with Crippen LogP contribution in [-0.2, 0) is 28.7 Å². The van der Waals surface area contributed by atoms with E-state index in [9.17, 15) is 19.2 Å². The molecule has 1 fully saturated rings. The van der Waals surface area contributed by atoms with E-state index >= 15 is 0 Å². The van der Waals surface area contributed by atoms with Crippen LogP contribution in [0.1, 0.15) is 13.8 Å². The Morgan fingerprint density at radius 1 is 1.18 bits per heavy atom. The number of hydrogen-bond acceptors (Lipinski definition) is 7. The number of esters is 2. The highest BCUT2D eigenvalue weighted by Crippen LogP contribution is 2.20. The minimum Gasteiger partial charge on any atom is -0.436 e. The van der Waals surface area contributed by atoms with Gasteiger partial charge in [-0.1, -0.05) is 0 Å². The minimum atomic E-state index is -1.20. The summed E-state index contributed by atoms with van der Waals surface area (Å²) >= 11 is 0. The number of quaternary nitrogens is 1. The fourth-order valence-electron chi connectivity index (χ4n) is 1.52. The molecule has 8 heteroatoms. The molecule has 0 aromatic carbocycles. The van der Waals surface area contributed by atoms with Crippen LogP contribution in [0.4, 0.5) is 0 Å². The van der Waals surface area contributed by atoms with Crippen LogP contribution in [0.5, 0.6) is 0 Å². The average Bonchev–Trinajstić information content (AvgIpc) is 2.57. The molecule has 0 aliphatic carbocycles. The SMILES string of the molecule is CC(=O)OC1NC[N+](C=O)(C=O)C1OC(C)=O. The number of rotatable bonds is 4. The van der Waals surface area contributed by atoms with Crippen molar-refractivity contribution in [1.82, 2.24) is 5.32 Å². The van der Waals surface area contributed by atoms with Gasteiger partial charge in [0.1, 0.15) is 0 Å². The van der Waals surface area contributed by atoms with E-state index in [0.29, 0.717) is 12.8 Å². The molecular weight excluding hydrogens is 232 g/mol. The topological polar surface area (TPSA) is 98.8 Å². The van der Waals surface area contributed by atoms with E-state index in [1.54, 1.807) is 0 Å². The molecule has 0 radical (unpaired) electrons. The Kier molecular flexibility index (Phi) is 3.92. The summed E-state index contributed by atoms with van der Waals surface area (Å²) in [6.45, 7) is 2.19. The normalized spacial score (nSPS) is 26.0. The van der Waals surface area contributed by atoms with Gasteiger partial charge in [0.25, 0.3) is 0 Å². The van der Waals surface area contributed by atoms with Gasteiger partial charge in [0.2, 0.25) is 6.23 Å². The van der Waals surface area contributed by atoms with Crippen molar-refractivity contribution < 1.29 is 33.1 Å².